The molecule has 0 spiro atoms. The summed E-state index contributed by atoms with van der Waals surface area (Å²) in [6.45, 7) is 4.47. The lowest BCUT2D eigenvalue weighted by atomic mass is 10.2. The number of hydrogen-bond acceptors (Lipinski definition) is 5. The molecule has 0 atom stereocenters. The Labute approximate surface area is 122 Å². The van der Waals surface area contributed by atoms with Gasteiger partial charge in [-0.1, -0.05) is 12.1 Å². The van der Waals surface area contributed by atoms with E-state index < -0.39 is 5.97 Å². The van der Waals surface area contributed by atoms with Crippen molar-refractivity contribution in [1.82, 2.24) is 5.16 Å². The molecule has 2 rings (SSSR count). The van der Waals surface area contributed by atoms with Crippen molar-refractivity contribution in [3.63, 3.8) is 0 Å². The van der Waals surface area contributed by atoms with Gasteiger partial charge >= 0.3 is 5.97 Å². The molecule has 0 unspecified atom stereocenters. The minimum Gasteiger partial charge on any atom is -0.493 e. The normalized spacial score (nSPS) is 10.4. The molecular formula is C15H17NO5. The van der Waals surface area contributed by atoms with Crippen molar-refractivity contribution in [3.8, 4) is 11.5 Å². The first-order chi connectivity index (χ1) is 10.1. The highest BCUT2D eigenvalue weighted by molar-refractivity contribution is 5.91. The van der Waals surface area contributed by atoms with E-state index in [2.05, 4.69) is 5.16 Å². The number of ether oxygens (including phenoxy) is 2. The number of rotatable bonds is 7. The highest BCUT2D eigenvalue weighted by atomic mass is 16.5. The van der Waals surface area contributed by atoms with Gasteiger partial charge in [-0.05, 0) is 25.5 Å². The second-order valence-corrected chi connectivity index (χ2v) is 4.53. The van der Waals surface area contributed by atoms with E-state index in [1.807, 2.05) is 6.92 Å². The zero-order valence-electron chi connectivity index (χ0n) is 12.0. The Bertz CT molecular complexity index is 620. The summed E-state index contributed by atoms with van der Waals surface area (Å²) in [6, 6.07) is 6.40. The van der Waals surface area contributed by atoms with Gasteiger partial charge in [0.15, 0.2) is 0 Å². The molecule has 0 aliphatic carbocycles. The molecule has 0 saturated heterocycles. The molecule has 0 aliphatic heterocycles. The first-order valence-corrected chi connectivity index (χ1v) is 6.65. The van der Waals surface area contributed by atoms with E-state index in [1.54, 1.807) is 25.1 Å². The zero-order valence-corrected chi connectivity index (χ0v) is 12.0. The third-order valence-electron chi connectivity index (χ3n) is 2.71. The van der Waals surface area contributed by atoms with Crippen LogP contribution in [0.15, 0.2) is 28.8 Å². The Balaban J connectivity index is 2.15. The predicted molar refractivity (Wildman–Crippen MR) is 74.8 cm³/mol. The second kappa shape index (κ2) is 6.78. The molecule has 2 aromatic rings. The van der Waals surface area contributed by atoms with Crippen LogP contribution in [0.1, 0.15) is 35.2 Å². The maximum absolute atomic E-state index is 11.2. The number of carbonyl (C=O) groups is 1. The van der Waals surface area contributed by atoms with E-state index in [0.29, 0.717) is 23.8 Å². The van der Waals surface area contributed by atoms with Crippen molar-refractivity contribution in [2.75, 3.05) is 6.61 Å². The largest absolute Gasteiger partial charge is 0.493 e. The molecule has 21 heavy (non-hydrogen) atoms. The van der Waals surface area contributed by atoms with Gasteiger partial charge in [0.25, 0.3) is 0 Å². The first kappa shape index (κ1) is 14.9. The van der Waals surface area contributed by atoms with Crippen molar-refractivity contribution < 1.29 is 23.9 Å². The second-order valence-electron chi connectivity index (χ2n) is 4.53. The fraction of sp³-hybridized carbons (Fsp3) is 0.333. The third-order valence-corrected chi connectivity index (χ3v) is 2.71. The van der Waals surface area contributed by atoms with Crippen LogP contribution in [-0.4, -0.2) is 22.8 Å². The monoisotopic (exact) mass is 291 g/mol. The van der Waals surface area contributed by atoms with Crippen molar-refractivity contribution in [2.45, 2.75) is 26.9 Å². The minimum absolute atomic E-state index is 0.0825. The van der Waals surface area contributed by atoms with Crippen molar-refractivity contribution in [1.29, 1.82) is 0 Å². The molecule has 0 bridgehead atoms. The van der Waals surface area contributed by atoms with Gasteiger partial charge in [0.05, 0.1) is 6.61 Å². The quantitative estimate of drug-likeness (QED) is 0.844. The molecule has 1 N–H and O–H groups in total. The number of carboxylic acids is 1. The van der Waals surface area contributed by atoms with Crippen LogP contribution in [0.4, 0.5) is 0 Å². The summed E-state index contributed by atoms with van der Waals surface area (Å²) in [5.41, 5.74) is 0.683. The number of aromatic nitrogens is 1. The molecule has 6 heteroatoms. The molecule has 0 saturated carbocycles. The van der Waals surface area contributed by atoms with Crippen LogP contribution in [0.3, 0.4) is 0 Å². The number of aryl methyl sites for hydroxylation is 1. The molecule has 1 aromatic carbocycles. The fourth-order valence-electron chi connectivity index (χ4n) is 1.75. The molecule has 112 valence electrons. The van der Waals surface area contributed by atoms with Crippen molar-refractivity contribution in [3.05, 3.63) is 41.3 Å². The zero-order chi connectivity index (χ0) is 15.2. The van der Waals surface area contributed by atoms with Gasteiger partial charge in [0.1, 0.15) is 35.1 Å². The third kappa shape index (κ3) is 3.98. The summed E-state index contributed by atoms with van der Waals surface area (Å²) in [7, 11) is 0. The molecule has 0 aliphatic rings. The molecule has 0 fully saturated rings. The fourth-order valence-corrected chi connectivity index (χ4v) is 1.75. The Morgan fingerprint density at radius 1 is 1.33 bits per heavy atom. The molecule has 0 radical (unpaired) electrons. The van der Waals surface area contributed by atoms with Gasteiger partial charge < -0.3 is 19.1 Å². The maximum atomic E-state index is 11.2. The summed E-state index contributed by atoms with van der Waals surface area (Å²) in [5.74, 6) is 0.445. The van der Waals surface area contributed by atoms with E-state index in [9.17, 15) is 9.90 Å². The summed E-state index contributed by atoms with van der Waals surface area (Å²) >= 11 is 0. The minimum atomic E-state index is -1.05. The lowest BCUT2D eigenvalue weighted by Crippen LogP contribution is -2.04. The van der Waals surface area contributed by atoms with E-state index in [4.69, 9.17) is 14.0 Å². The van der Waals surface area contributed by atoms with E-state index in [-0.39, 0.29) is 17.9 Å². The Morgan fingerprint density at radius 3 is 2.76 bits per heavy atom. The van der Waals surface area contributed by atoms with Crippen LogP contribution < -0.4 is 9.47 Å². The Hall–Kier alpha value is -2.50. The van der Waals surface area contributed by atoms with Crippen molar-refractivity contribution in [2.24, 2.45) is 0 Å². The first-order valence-electron chi connectivity index (χ1n) is 6.65. The average molecular weight is 291 g/mol. The van der Waals surface area contributed by atoms with Crippen LogP contribution >= 0.6 is 0 Å². The highest BCUT2D eigenvalue weighted by Gasteiger charge is 2.13. The average Bonchev–Trinajstić information content (AvgIpc) is 2.88. The predicted octanol–water partition coefficient (Wildman–Crippen LogP) is 3.05. The van der Waals surface area contributed by atoms with Gasteiger partial charge in [-0.2, -0.15) is 0 Å². The smallest absolute Gasteiger partial charge is 0.339 e. The van der Waals surface area contributed by atoms with Crippen molar-refractivity contribution >= 4 is 5.97 Å². The topological polar surface area (TPSA) is 81.8 Å². The van der Waals surface area contributed by atoms with Crippen LogP contribution in [0.5, 0.6) is 11.5 Å². The Morgan fingerprint density at radius 2 is 2.14 bits per heavy atom. The molecule has 1 heterocycles. The van der Waals surface area contributed by atoms with Gasteiger partial charge in [-0.15, -0.1) is 0 Å². The molecular weight excluding hydrogens is 274 g/mol. The van der Waals surface area contributed by atoms with Crippen LogP contribution in [0.2, 0.25) is 0 Å². The molecule has 6 nitrogen and oxygen atoms in total. The molecule has 1 aromatic heterocycles. The number of benzene rings is 1. The number of carboxylic acid groups (broad SMARTS) is 1. The summed E-state index contributed by atoms with van der Waals surface area (Å²) in [6.07, 6.45) is 0.870. The SMILES string of the molecule is CCCOc1ccc(C(=O)O)c(OCc2cc(C)on2)c1. The van der Waals surface area contributed by atoms with E-state index >= 15 is 0 Å². The van der Waals surface area contributed by atoms with E-state index in [0.717, 1.165) is 6.42 Å². The van der Waals surface area contributed by atoms with Crippen LogP contribution in [-0.2, 0) is 6.61 Å². The maximum Gasteiger partial charge on any atom is 0.339 e. The van der Waals surface area contributed by atoms with Crippen LogP contribution in [0, 0.1) is 6.92 Å². The highest BCUT2D eigenvalue weighted by Crippen LogP contribution is 2.26. The molecule has 0 amide bonds. The number of aromatic carboxylic acids is 1. The standard InChI is InChI=1S/C15H17NO5/c1-3-6-19-12-4-5-13(15(17)18)14(8-12)20-9-11-7-10(2)21-16-11/h4-5,7-8H,3,6,9H2,1-2H3,(H,17,18). The van der Waals surface area contributed by atoms with Crippen LogP contribution in [0.25, 0.3) is 0 Å². The lowest BCUT2D eigenvalue weighted by Gasteiger charge is -2.10. The van der Waals surface area contributed by atoms with Gasteiger partial charge in [0.2, 0.25) is 0 Å². The van der Waals surface area contributed by atoms with Gasteiger partial charge in [-0.3, -0.25) is 0 Å². The van der Waals surface area contributed by atoms with Gasteiger partial charge in [-0.25, -0.2) is 4.79 Å². The summed E-state index contributed by atoms with van der Waals surface area (Å²) in [4.78, 5) is 11.2. The van der Waals surface area contributed by atoms with E-state index in [1.165, 1.54) is 6.07 Å². The van der Waals surface area contributed by atoms with Gasteiger partial charge in [0, 0.05) is 12.1 Å². The number of nitrogens with zero attached hydrogens (tertiary/aromatic N) is 1. The summed E-state index contributed by atoms with van der Waals surface area (Å²) < 4.78 is 16.0. The lowest BCUT2D eigenvalue weighted by molar-refractivity contribution is 0.0691. The Kier molecular flexibility index (Phi) is 4.81. The summed E-state index contributed by atoms with van der Waals surface area (Å²) in [5, 5.41) is 13.0. The number of hydrogen-bond donors (Lipinski definition) is 1.